The van der Waals surface area contributed by atoms with Crippen LogP contribution in [0.15, 0.2) is 30.3 Å². The van der Waals surface area contributed by atoms with Crippen LogP contribution >= 0.6 is 0 Å². The van der Waals surface area contributed by atoms with Crippen molar-refractivity contribution in [1.29, 1.82) is 0 Å². The summed E-state index contributed by atoms with van der Waals surface area (Å²) < 4.78 is 0. The predicted octanol–water partition coefficient (Wildman–Crippen LogP) is 2.43. The van der Waals surface area contributed by atoms with Crippen molar-refractivity contribution in [3.8, 4) is 24.2 Å². The van der Waals surface area contributed by atoms with Gasteiger partial charge in [-0.25, -0.2) is 0 Å². The van der Waals surface area contributed by atoms with Crippen molar-refractivity contribution in [2.45, 2.75) is 25.8 Å². The van der Waals surface area contributed by atoms with Gasteiger partial charge in [-0.3, -0.25) is 0 Å². The van der Waals surface area contributed by atoms with Gasteiger partial charge in [-0.1, -0.05) is 37.0 Å². The summed E-state index contributed by atoms with van der Waals surface area (Å²) in [6.07, 6.45) is 7.08. The van der Waals surface area contributed by atoms with Gasteiger partial charge in [0, 0.05) is 18.0 Å². The van der Waals surface area contributed by atoms with Crippen molar-refractivity contribution in [2.24, 2.45) is 0 Å². The van der Waals surface area contributed by atoms with E-state index in [0.29, 0.717) is 12.6 Å². The summed E-state index contributed by atoms with van der Waals surface area (Å²) in [5.74, 6) is 8.86. The maximum atomic E-state index is 5.27. The van der Waals surface area contributed by atoms with Gasteiger partial charge in [0.15, 0.2) is 0 Å². The highest BCUT2D eigenvalue weighted by Gasteiger charge is 2.00. The summed E-state index contributed by atoms with van der Waals surface area (Å²) in [4.78, 5) is 0. The summed E-state index contributed by atoms with van der Waals surface area (Å²) >= 11 is 0. The van der Waals surface area contributed by atoms with E-state index in [1.54, 1.807) is 0 Å². The van der Waals surface area contributed by atoms with Gasteiger partial charge in [0.2, 0.25) is 0 Å². The van der Waals surface area contributed by atoms with E-state index in [4.69, 9.17) is 6.42 Å². The van der Waals surface area contributed by atoms with Crippen LogP contribution in [0.2, 0.25) is 0 Å². The molecule has 0 spiro atoms. The lowest BCUT2D eigenvalue weighted by Crippen LogP contribution is -2.28. The van der Waals surface area contributed by atoms with Crippen LogP contribution in [0.4, 0.5) is 0 Å². The zero-order valence-electron chi connectivity index (χ0n) is 9.66. The molecule has 1 atom stereocenters. The van der Waals surface area contributed by atoms with Crippen LogP contribution < -0.4 is 5.32 Å². The average Bonchev–Trinajstić information content (AvgIpc) is 2.34. The molecule has 1 aromatic carbocycles. The van der Waals surface area contributed by atoms with Crippen LogP contribution in [0.25, 0.3) is 0 Å². The Hall–Kier alpha value is -1.70. The Bertz CT molecular complexity index is 389. The van der Waals surface area contributed by atoms with Crippen molar-refractivity contribution in [3.05, 3.63) is 35.9 Å². The Labute approximate surface area is 98.3 Å². The lowest BCUT2D eigenvalue weighted by molar-refractivity contribution is 0.540. The highest BCUT2D eigenvalue weighted by Crippen LogP contribution is 1.96. The molecule has 0 heterocycles. The number of hydrogen-bond acceptors (Lipinski definition) is 1. The van der Waals surface area contributed by atoms with Gasteiger partial charge in [0.05, 0.1) is 6.54 Å². The Kier molecular flexibility index (Phi) is 5.86. The van der Waals surface area contributed by atoms with E-state index >= 15 is 0 Å². The number of benzene rings is 1. The van der Waals surface area contributed by atoms with Crippen molar-refractivity contribution < 1.29 is 0 Å². The van der Waals surface area contributed by atoms with Gasteiger partial charge >= 0.3 is 0 Å². The van der Waals surface area contributed by atoms with Crippen LogP contribution in [0, 0.1) is 24.2 Å². The van der Waals surface area contributed by atoms with Gasteiger partial charge in [0.25, 0.3) is 0 Å². The average molecular weight is 211 g/mol. The Morgan fingerprint density at radius 2 is 2.06 bits per heavy atom. The second-order valence-electron chi connectivity index (χ2n) is 3.56. The lowest BCUT2D eigenvalue weighted by Gasteiger charge is -2.10. The zero-order chi connectivity index (χ0) is 11.6. The van der Waals surface area contributed by atoms with Crippen LogP contribution in [0.3, 0.4) is 0 Å². The number of nitrogens with one attached hydrogen (secondary N) is 1. The third-order valence-electron chi connectivity index (χ3n) is 2.34. The van der Waals surface area contributed by atoms with Gasteiger partial charge in [-0.2, -0.15) is 0 Å². The minimum Gasteiger partial charge on any atom is -0.302 e. The first kappa shape index (κ1) is 12.4. The summed E-state index contributed by atoms with van der Waals surface area (Å²) in [6, 6.07) is 10.4. The molecule has 1 nitrogen and oxygen atoms in total. The standard InChI is InChI=1S/C15H17N/c1-3-9-15(4-2)16-13-8-12-14-10-6-5-7-11-14/h1,5-7,10-11,15-16H,4,9,13H2,2H3. The van der Waals surface area contributed by atoms with E-state index in [0.717, 1.165) is 18.4 Å². The molecule has 0 bridgehead atoms. The monoisotopic (exact) mass is 211 g/mol. The molecular weight excluding hydrogens is 194 g/mol. The SMILES string of the molecule is C#CCC(CC)NCC#Cc1ccccc1. The Morgan fingerprint density at radius 1 is 1.31 bits per heavy atom. The number of hydrogen-bond donors (Lipinski definition) is 1. The number of terminal acetylenes is 1. The van der Waals surface area contributed by atoms with Crippen molar-refractivity contribution in [3.63, 3.8) is 0 Å². The van der Waals surface area contributed by atoms with E-state index in [-0.39, 0.29) is 0 Å². The molecule has 0 fully saturated rings. The third kappa shape index (κ3) is 4.69. The molecule has 0 aliphatic heterocycles. The minimum absolute atomic E-state index is 0.384. The Morgan fingerprint density at radius 3 is 2.69 bits per heavy atom. The van der Waals surface area contributed by atoms with Gasteiger partial charge in [-0.15, -0.1) is 12.3 Å². The van der Waals surface area contributed by atoms with Crippen molar-refractivity contribution in [1.82, 2.24) is 5.32 Å². The van der Waals surface area contributed by atoms with E-state index in [1.807, 2.05) is 30.3 Å². The van der Waals surface area contributed by atoms with E-state index in [2.05, 4.69) is 30.0 Å². The lowest BCUT2D eigenvalue weighted by atomic mass is 10.1. The van der Waals surface area contributed by atoms with Gasteiger partial charge in [-0.05, 0) is 18.6 Å². The summed E-state index contributed by atoms with van der Waals surface area (Å²) in [5.41, 5.74) is 1.05. The second-order valence-corrected chi connectivity index (χ2v) is 3.56. The molecule has 0 saturated heterocycles. The fraction of sp³-hybridized carbons (Fsp3) is 0.333. The van der Waals surface area contributed by atoms with E-state index in [9.17, 15) is 0 Å². The first-order valence-electron chi connectivity index (χ1n) is 5.57. The van der Waals surface area contributed by atoms with Gasteiger partial charge in [0.1, 0.15) is 0 Å². The Balaban J connectivity index is 2.36. The first-order valence-corrected chi connectivity index (χ1v) is 5.57. The fourth-order valence-electron chi connectivity index (χ4n) is 1.37. The fourth-order valence-corrected chi connectivity index (χ4v) is 1.37. The van der Waals surface area contributed by atoms with Gasteiger partial charge < -0.3 is 5.32 Å². The molecule has 0 aliphatic carbocycles. The van der Waals surface area contributed by atoms with Crippen LogP contribution in [0.1, 0.15) is 25.3 Å². The molecule has 0 aromatic heterocycles. The largest absolute Gasteiger partial charge is 0.302 e. The molecular formula is C15H17N. The highest BCUT2D eigenvalue weighted by atomic mass is 14.9. The normalized spacial score (nSPS) is 11.0. The second kappa shape index (κ2) is 7.57. The molecule has 1 N–H and O–H groups in total. The first-order chi connectivity index (χ1) is 7.86. The molecule has 16 heavy (non-hydrogen) atoms. The quantitative estimate of drug-likeness (QED) is 0.754. The maximum absolute atomic E-state index is 5.27. The zero-order valence-corrected chi connectivity index (χ0v) is 9.66. The minimum atomic E-state index is 0.384. The molecule has 1 aromatic rings. The molecule has 1 rings (SSSR count). The van der Waals surface area contributed by atoms with Crippen LogP contribution in [-0.2, 0) is 0 Å². The van der Waals surface area contributed by atoms with E-state index < -0.39 is 0 Å². The molecule has 0 amide bonds. The van der Waals surface area contributed by atoms with Crippen LogP contribution in [-0.4, -0.2) is 12.6 Å². The molecule has 82 valence electrons. The van der Waals surface area contributed by atoms with Crippen LogP contribution in [0.5, 0.6) is 0 Å². The molecule has 0 radical (unpaired) electrons. The van der Waals surface area contributed by atoms with Crippen molar-refractivity contribution in [2.75, 3.05) is 6.54 Å². The molecule has 0 saturated carbocycles. The predicted molar refractivity (Wildman–Crippen MR) is 68.9 cm³/mol. The summed E-state index contributed by atoms with van der Waals surface area (Å²) in [6.45, 7) is 2.81. The highest BCUT2D eigenvalue weighted by molar-refractivity contribution is 5.33. The number of rotatable bonds is 4. The molecule has 1 heteroatoms. The smallest absolute Gasteiger partial charge is 0.0582 e. The maximum Gasteiger partial charge on any atom is 0.0582 e. The summed E-state index contributed by atoms with van der Waals surface area (Å²) in [5, 5.41) is 3.32. The van der Waals surface area contributed by atoms with Crippen molar-refractivity contribution >= 4 is 0 Å². The summed E-state index contributed by atoms with van der Waals surface area (Å²) in [7, 11) is 0. The topological polar surface area (TPSA) is 12.0 Å². The molecule has 0 aliphatic rings. The van der Waals surface area contributed by atoms with E-state index in [1.165, 1.54) is 0 Å². The molecule has 1 unspecified atom stereocenters. The third-order valence-corrected chi connectivity index (χ3v) is 2.34.